The number of aryl methyl sites for hydroxylation is 1. The third kappa shape index (κ3) is 5.63. The molecule has 0 radical (unpaired) electrons. The normalized spacial score (nSPS) is 18.2. The average Bonchev–Trinajstić information content (AvgIpc) is 3.32. The van der Waals surface area contributed by atoms with Crippen LogP contribution >= 0.6 is 11.6 Å². The van der Waals surface area contributed by atoms with Crippen molar-refractivity contribution in [3.63, 3.8) is 0 Å². The first kappa shape index (κ1) is 26.0. The lowest BCUT2D eigenvalue weighted by Gasteiger charge is -2.38. The van der Waals surface area contributed by atoms with E-state index < -0.39 is 11.9 Å². The molecule has 0 atom stereocenters. The Morgan fingerprint density at radius 3 is 2.38 bits per heavy atom. The second-order valence-electron chi connectivity index (χ2n) is 9.92. The van der Waals surface area contributed by atoms with Crippen LogP contribution in [-0.4, -0.2) is 95.9 Å². The molecule has 37 heavy (non-hydrogen) atoms. The Hall–Kier alpha value is -2.63. The monoisotopic (exact) mass is 536 g/mol. The number of likely N-dealkylation sites (N-methyl/N-ethyl adjacent to an activating group) is 1. The number of aromatic nitrogens is 4. The maximum atomic E-state index is 13.5. The van der Waals surface area contributed by atoms with Crippen molar-refractivity contribution in [3.05, 3.63) is 40.3 Å². The highest BCUT2D eigenvalue weighted by Gasteiger charge is 2.38. The highest BCUT2D eigenvalue weighted by atomic mass is 35.5. The summed E-state index contributed by atoms with van der Waals surface area (Å²) in [6.45, 7) is 10.0. The number of aromatic amines is 1. The van der Waals surface area contributed by atoms with Crippen LogP contribution < -0.4 is 9.80 Å². The van der Waals surface area contributed by atoms with Crippen LogP contribution in [0, 0.1) is 6.92 Å². The molecule has 2 saturated heterocycles. The maximum absolute atomic E-state index is 13.5. The lowest BCUT2D eigenvalue weighted by molar-refractivity contribution is -0.139. The van der Waals surface area contributed by atoms with Gasteiger partial charge in [0, 0.05) is 63.1 Å². The molecule has 200 valence electrons. The van der Waals surface area contributed by atoms with E-state index >= 15 is 0 Å². The molecular formula is C25H32ClF3N8. The summed E-state index contributed by atoms with van der Waals surface area (Å²) in [7, 11) is 2.17. The number of halogens is 4. The first-order valence-corrected chi connectivity index (χ1v) is 13.0. The van der Waals surface area contributed by atoms with Gasteiger partial charge in [0.05, 0.1) is 5.39 Å². The fourth-order valence-corrected chi connectivity index (χ4v) is 5.56. The minimum Gasteiger partial charge on any atom is -0.368 e. The third-order valence-electron chi connectivity index (χ3n) is 7.50. The Kier molecular flexibility index (Phi) is 7.46. The molecule has 1 aromatic carbocycles. The van der Waals surface area contributed by atoms with Crippen LogP contribution in [0.15, 0.2) is 18.5 Å². The van der Waals surface area contributed by atoms with Crippen molar-refractivity contribution in [1.29, 1.82) is 0 Å². The van der Waals surface area contributed by atoms with Gasteiger partial charge in [-0.1, -0.05) is 11.6 Å². The number of hydrogen-bond donors (Lipinski definition) is 1. The van der Waals surface area contributed by atoms with Crippen LogP contribution in [0.5, 0.6) is 0 Å². The number of piperazine rings is 2. The molecule has 0 saturated carbocycles. The number of nitrogens with one attached hydrogen (secondary N) is 1. The Labute approximate surface area is 219 Å². The summed E-state index contributed by atoms with van der Waals surface area (Å²) in [4.78, 5) is 17.2. The molecule has 4 heterocycles. The number of benzene rings is 1. The zero-order valence-corrected chi connectivity index (χ0v) is 21.9. The summed E-state index contributed by atoms with van der Waals surface area (Å²) in [5, 5.41) is 6.49. The zero-order valence-electron chi connectivity index (χ0n) is 21.2. The number of alkyl halides is 3. The van der Waals surface area contributed by atoms with Crippen molar-refractivity contribution in [2.45, 2.75) is 25.9 Å². The molecule has 0 amide bonds. The van der Waals surface area contributed by atoms with Gasteiger partial charge in [0.1, 0.15) is 12.1 Å². The van der Waals surface area contributed by atoms with Crippen molar-refractivity contribution in [2.75, 3.05) is 75.8 Å². The van der Waals surface area contributed by atoms with Gasteiger partial charge in [0.2, 0.25) is 0 Å². The second kappa shape index (κ2) is 10.6. The second-order valence-corrected chi connectivity index (χ2v) is 10.4. The van der Waals surface area contributed by atoms with E-state index in [9.17, 15) is 13.2 Å². The highest BCUT2D eigenvalue weighted by molar-refractivity contribution is 6.31. The number of anilines is 2. The first-order chi connectivity index (χ1) is 17.7. The molecule has 0 bridgehead atoms. The van der Waals surface area contributed by atoms with Crippen molar-refractivity contribution in [3.8, 4) is 0 Å². The van der Waals surface area contributed by atoms with Crippen molar-refractivity contribution in [2.24, 2.45) is 0 Å². The van der Waals surface area contributed by atoms with Crippen molar-refractivity contribution in [1.82, 2.24) is 30.0 Å². The molecule has 2 aromatic heterocycles. The van der Waals surface area contributed by atoms with E-state index in [-0.39, 0.29) is 16.9 Å². The van der Waals surface area contributed by atoms with Gasteiger partial charge in [0.25, 0.3) is 0 Å². The van der Waals surface area contributed by atoms with Gasteiger partial charge in [0.15, 0.2) is 11.3 Å². The van der Waals surface area contributed by atoms with Crippen LogP contribution in [0.2, 0.25) is 5.02 Å². The molecule has 2 fully saturated rings. The number of rotatable bonds is 6. The van der Waals surface area contributed by atoms with Crippen LogP contribution in [0.3, 0.4) is 0 Å². The fourth-order valence-electron chi connectivity index (χ4n) is 5.32. The summed E-state index contributed by atoms with van der Waals surface area (Å²) in [6, 6.07) is 4.06. The molecule has 8 nitrogen and oxygen atoms in total. The largest absolute Gasteiger partial charge is 0.435 e. The maximum Gasteiger partial charge on any atom is 0.435 e. The van der Waals surface area contributed by atoms with E-state index in [0.29, 0.717) is 31.2 Å². The quantitative estimate of drug-likeness (QED) is 0.513. The standard InChI is InChI=1S/C25H32ClF3N8/c1-17-18(4-3-5-35-8-6-34(2)7-9-35)14-19(26)15-20(17)36-10-12-37(13-11-36)24-21-22(25(27,28)29)32-33-23(21)30-16-31-24/h14-16H,3-13H2,1-2H3,(H,30,31,32,33). The predicted octanol–water partition coefficient (Wildman–Crippen LogP) is 3.84. The first-order valence-electron chi connectivity index (χ1n) is 12.7. The van der Waals surface area contributed by atoms with E-state index in [2.05, 4.69) is 54.9 Å². The SMILES string of the molecule is Cc1c(CCCN2CCN(C)CC2)cc(Cl)cc1N1CCN(c2ncnc3[nH]nc(C(F)(F)F)c23)CC1. The van der Waals surface area contributed by atoms with E-state index in [0.717, 1.165) is 51.3 Å². The lowest BCUT2D eigenvalue weighted by atomic mass is 10.0. The molecule has 0 spiro atoms. The van der Waals surface area contributed by atoms with Gasteiger partial charge in [-0.3, -0.25) is 5.10 Å². The van der Waals surface area contributed by atoms with Gasteiger partial charge >= 0.3 is 6.18 Å². The zero-order chi connectivity index (χ0) is 26.2. The molecule has 12 heteroatoms. The molecule has 2 aliphatic rings. The summed E-state index contributed by atoms with van der Waals surface area (Å²) in [6.07, 6.45) is -1.27. The van der Waals surface area contributed by atoms with Gasteiger partial charge in [-0.15, -0.1) is 0 Å². The molecule has 1 N–H and O–H groups in total. The smallest absolute Gasteiger partial charge is 0.368 e. The summed E-state index contributed by atoms with van der Waals surface area (Å²) in [5.74, 6) is 0.262. The highest BCUT2D eigenvalue weighted by Crippen LogP contribution is 2.37. The van der Waals surface area contributed by atoms with Crippen molar-refractivity contribution >= 4 is 34.1 Å². The van der Waals surface area contributed by atoms with Gasteiger partial charge in [-0.05, 0) is 56.6 Å². The molecule has 3 aromatic rings. The summed E-state index contributed by atoms with van der Waals surface area (Å²) in [5.41, 5.74) is 2.67. The van der Waals surface area contributed by atoms with Crippen LogP contribution in [0.4, 0.5) is 24.7 Å². The number of H-pyrrole nitrogens is 1. The minimum absolute atomic E-state index is 0.0787. The lowest BCUT2D eigenvalue weighted by Crippen LogP contribution is -2.47. The average molecular weight is 537 g/mol. The van der Waals surface area contributed by atoms with E-state index in [1.165, 1.54) is 17.5 Å². The van der Waals surface area contributed by atoms with E-state index in [1.54, 1.807) is 0 Å². The Balaban J connectivity index is 1.26. The fraction of sp³-hybridized carbons (Fsp3) is 0.560. The topological polar surface area (TPSA) is 67.4 Å². The Morgan fingerprint density at radius 2 is 1.68 bits per heavy atom. The summed E-state index contributed by atoms with van der Waals surface area (Å²) < 4.78 is 40.6. The van der Waals surface area contributed by atoms with Crippen molar-refractivity contribution < 1.29 is 13.2 Å². The third-order valence-corrected chi connectivity index (χ3v) is 7.71. The Bertz CT molecular complexity index is 1230. The number of hydrogen-bond acceptors (Lipinski definition) is 7. The number of nitrogens with zero attached hydrogens (tertiary/aromatic N) is 7. The van der Waals surface area contributed by atoms with Crippen LogP contribution in [0.25, 0.3) is 11.0 Å². The van der Waals surface area contributed by atoms with Gasteiger partial charge < -0.3 is 19.6 Å². The number of fused-ring (bicyclic) bond motifs is 1. The van der Waals surface area contributed by atoms with Crippen LogP contribution in [0.1, 0.15) is 23.2 Å². The Morgan fingerprint density at radius 1 is 0.973 bits per heavy atom. The minimum atomic E-state index is -4.59. The van der Waals surface area contributed by atoms with E-state index in [1.807, 2.05) is 11.0 Å². The molecule has 5 rings (SSSR count). The molecule has 2 aliphatic heterocycles. The molecule has 0 aliphatic carbocycles. The molecular weight excluding hydrogens is 505 g/mol. The predicted molar refractivity (Wildman–Crippen MR) is 140 cm³/mol. The van der Waals surface area contributed by atoms with E-state index in [4.69, 9.17) is 11.6 Å². The van der Waals surface area contributed by atoms with Gasteiger partial charge in [-0.25, -0.2) is 9.97 Å². The summed E-state index contributed by atoms with van der Waals surface area (Å²) >= 11 is 6.54. The van der Waals surface area contributed by atoms with Crippen LogP contribution in [-0.2, 0) is 12.6 Å². The molecule has 0 unspecified atom stereocenters. The van der Waals surface area contributed by atoms with Gasteiger partial charge in [-0.2, -0.15) is 18.3 Å².